The molecule has 4 nitrogen and oxygen atoms in total. The van der Waals surface area contributed by atoms with Gasteiger partial charge in [0, 0.05) is 12.1 Å². The lowest BCUT2D eigenvalue weighted by Gasteiger charge is -2.62. The van der Waals surface area contributed by atoms with E-state index in [0.717, 1.165) is 6.42 Å². The summed E-state index contributed by atoms with van der Waals surface area (Å²) in [5.74, 6) is -0.649. The molecule has 1 N–H and O–H groups in total. The predicted molar refractivity (Wildman–Crippen MR) is 92.6 cm³/mol. The molecule has 0 radical (unpaired) electrons. The quantitative estimate of drug-likeness (QED) is 0.792. The number of rotatable bonds is 4. The highest BCUT2D eigenvalue weighted by Crippen LogP contribution is 2.61. The van der Waals surface area contributed by atoms with E-state index in [4.69, 9.17) is 4.74 Å². The lowest BCUT2D eigenvalue weighted by Crippen LogP contribution is -2.65. The molecule has 24 heavy (non-hydrogen) atoms. The smallest absolute Gasteiger partial charge is 0.331 e. The minimum absolute atomic E-state index is 0.0631. The Hall–Kier alpha value is -1.23. The van der Waals surface area contributed by atoms with Crippen LogP contribution in [0.1, 0.15) is 60.8 Å². The van der Waals surface area contributed by atoms with Crippen LogP contribution in [0, 0.1) is 17.3 Å². The molecule has 5 heteroatoms. The molecule has 4 atom stereocenters. The van der Waals surface area contributed by atoms with Crippen molar-refractivity contribution >= 4 is 11.7 Å². The number of esters is 1. The van der Waals surface area contributed by atoms with Crippen LogP contribution in [0.5, 0.6) is 0 Å². The monoisotopic (exact) mass is 339 g/mol. The second-order valence-corrected chi connectivity index (χ2v) is 9.00. The van der Waals surface area contributed by atoms with E-state index in [1.807, 2.05) is 0 Å². The van der Waals surface area contributed by atoms with Crippen LogP contribution < -0.4 is 0 Å². The number of carbonyl (C=O) groups is 1. The molecule has 0 spiro atoms. The second kappa shape index (κ2) is 5.94. The summed E-state index contributed by atoms with van der Waals surface area (Å²) < 4.78 is 18.7. The van der Waals surface area contributed by atoms with E-state index < -0.39 is 29.0 Å². The van der Waals surface area contributed by atoms with Crippen LogP contribution in [0.15, 0.2) is 17.4 Å². The average molecular weight is 339 g/mol. The van der Waals surface area contributed by atoms with E-state index in [1.165, 1.54) is 0 Å². The Morgan fingerprint density at radius 2 is 2.04 bits per heavy atom. The van der Waals surface area contributed by atoms with E-state index in [1.54, 1.807) is 27.7 Å². The molecule has 0 heterocycles. The maximum absolute atomic E-state index is 13.4. The van der Waals surface area contributed by atoms with Gasteiger partial charge in [0.1, 0.15) is 11.2 Å². The second-order valence-electron chi connectivity index (χ2n) is 9.00. The summed E-state index contributed by atoms with van der Waals surface area (Å²) in [7, 11) is 0. The number of hydrogen-bond acceptors (Lipinski definition) is 4. The van der Waals surface area contributed by atoms with Gasteiger partial charge >= 0.3 is 5.97 Å². The Morgan fingerprint density at radius 3 is 2.46 bits per heavy atom. The zero-order chi connectivity index (χ0) is 18.5. The first-order chi connectivity index (χ1) is 10.7. The Bertz CT molecular complexity index is 572. The molecule has 3 rings (SSSR count). The highest BCUT2D eigenvalue weighted by molar-refractivity contribution is 5.96. The van der Waals surface area contributed by atoms with Gasteiger partial charge < -0.3 is 9.84 Å². The minimum atomic E-state index is -1.07. The van der Waals surface area contributed by atoms with Crippen LogP contribution in [0.4, 0.5) is 4.39 Å². The molecule has 0 aliphatic heterocycles. The molecule has 0 saturated heterocycles. The summed E-state index contributed by atoms with van der Waals surface area (Å²) in [6.07, 6.45) is 1.38. The number of fused-ring (bicyclic) bond motifs is 2. The predicted octanol–water partition coefficient (Wildman–Crippen LogP) is 3.83. The van der Waals surface area contributed by atoms with E-state index in [0.29, 0.717) is 18.1 Å². The van der Waals surface area contributed by atoms with Crippen molar-refractivity contribution in [2.45, 2.75) is 78.0 Å². The molecule has 0 aromatic carbocycles. The normalized spacial score (nSPS) is 34.4. The molecule has 0 aromatic heterocycles. The third kappa shape index (κ3) is 3.56. The Morgan fingerprint density at radius 1 is 1.46 bits per heavy atom. The first-order valence-electron chi connectivity index (χ1n) is 8.61. The molecule has 0 amide bonds. The number of carbonyl (C=O) groups excluding carboxylic acids is 1. The van der Waals surface area contributed by atoms with Crippen LogP contribution in [0.2, 0.25) is 0 Å². The summed E-state index contributed by atoms with van der Waals surface area (Å²) in [6, 6.07) is -0.996. The fourth-order valence-corrected chi connectivity index (χ4v) is 4.09. The minimum Gasteiger partial charge on any atom is -0.458 e. The number of nitrogens with zero attached hydrogens (tertiary/aromatic N) is 1. The largest absolute Gasteiger partial charge is 0.458 e. The van der Waals surface area contributed by atoms with Crippen LogP contribution in [-0.2, 0) is 9.53 Å². The van der Waals surface area contributed by atoms with Crippen molar-refractivity contribution in [2.24, 2.45) is 22.2 Å². The third-order valence-corrected chi connectivity index (χ3v) is 5.58. The maximum Gasteiger partial charge on any atom is 0.331 e. The van der Waals surface area contributed by atoms with Crippen molar-refractivity contribution in [1.29, 1.82) is 0 Å². The van der Waals surface area contributed by atoms with Crippen molar-refractivity contribution in [3.8, 4) is 0 Å². The SMILES string of the molecule is C=C(F)C[C@H](N=C1C[C@H]2C[C@H](C2(C)C)[C@@]1(C)O)C(=O)OC(C)(C)C. The van der Waals surface area contributed by atoms with Gasteiger partial charge in [-0.3, -0.25) is 4.99 Å². The average Bonchev–Trinajstić information content (AvgIpc) is 2.36. The first-order valence-corrected chi connectivity index (χ1v) is 8.61. The van der Waals surface area contributed by atoms with Crippen molar-refractivity contribution in [3.63, 3.8) is 0 Å². The molecule has 3 aliphatic rings. The van der Waals surface area contributed by atoms with Crippen LogP contribution >= 0.6 is 0 Å². The van der Waals surface area contributed by atoms with Gasteiger partial charge in [-0.2, -0.15) is 0 Å². The summed E-state index contributed by atoms with van der Waals surface area (Å²) in [5, 5.41) is 11.0. The van der Waals surface area contributed by atoms with Gasteiger partial charge in [0.25, 0.3) is 0 Å². The Labute approximate surface area is 144 Å². The van der Waals surface area contributed by atoms with E-state index in [2.05, 4.69) is 25.4 Å². The highest BCUT2D eigenvalue weighted by Gasteiger charge is 2.61. The highest BCUT2D eigenvalue weighted by atomic mass is 19.1. The summed E-state index contributed by atoms with van der Waals surface area (Å²) >= 11 is 0. The van der Waals surface area contributed by atoms with Crippen LogP contribution in [0.3, 0.4) is 0 Å². The molecule has 0 unspecified atom stereocenters. The number of aliphatic imine (C=N–C) groups is 1. The molecular formula is C19H30FNO3. The van der Waals surface area contributed by atoms with Crippen LogP contribution in [-0.4, -0.2) is 34.0 Å². The Kier molecular flexibility index (Phi) is 4.73. The van der Waals surface area contributed by atoms with Gasteiger partial charge in [-0.15, -0.1) is 0 Å². The number of aliphatic hydroxyl groups is 1. The summed E-state index contributed by atoms with van der Waals surface area (Å²) in [5.41, 5.74) is -1.10. The molecule has 2 bridgehead atoms. The summed E-state index contributed by atoms with van der Waals surface area (Å²) in [4.78, 5) is 16.8. The van der Waals surface area contributed by atoms with Crippen LogP contribution in [0.25, 0.3) is 0 Å². The lowest BCUT2D eigenvalue weighted by atomic mass is 9.44. The molecule has 136 valence electrons. The van der Waals surface area contributed by atoms with E-state index in [-0.39, 0.29) is 17.8 Å². The molecule has 3 aliphatic carbocycles. The maximum atomic E-state index is 13.4. The van der Waals surface area contributed by atoms with Crippen molar-refractivity contribution in [1.82, 2.24) is 0 Å². The van der Waals surface area contributed by atoms with Crippen molar-refractivity contribution in [3.05, 3.63) is 12.4 Å². The van der Waals surface area contributed by atoms with Gasteiger partial charge in [-0.25, -0.2) is 9.18 Å². The van der Waals surface area contributed by atoms with Crippen molar-refractivity contribution in [2.75, 3.05) is 0 Å². The number of halogens is 1. The lowest BCUT2D eigenvalue weighted by molar-refractivity contribution is -0.156. The standard InChI is InChI=1S/C19H30FNO3/c1-11(20)8-13(16(22)24-17(2,3)4)21-15-10-12-9-14(18(12,5)6)19(15,7)23/h12-14,23H,1,8-10H2,2-7H3/t12-,13+,14-,19-/m1/s1. The fraction of sp³-hybridized carbons (Fsp3) is 0.789. The third-order valence-electron chi connectivity index (χ3n) is 5.58. The van der Waals surface area contributed by atoms with Crippen molar-refractivity contribution < 1.29 is 19.0 Å². The van der Waals surface area contributed by atoms with E-state index >= 15 is 0 Å². The van der Waals surface area contributed by atoms with Gasteiger partial charge in [0.15, 0.2) is 6.04 Å². The zero-order valence-corrected chi connectivity index (χ0v) is 15.6. The molecule has 3 fully saturated rings. The molecular weight excluding hydrogens is 309 g/mol. The van der Waals surface area contributed by atoms with Gasteiger partial charge in [0.05, 0.1) is 5.83 Å². The molecule has 0 aromatic rings. The first kappa shape index (κ1) is 19.1. The van der Waals surface area contributed by atoms with Gasteiger partial charge in [-0.1, -0.05) is 20.4 Å². The van der Waals surface area contributed by atoms with Gasteiger partial charge in [0.2, 0.25) is 0 Å². The fourth-order valence-electron chi connectivity index (χ4n) is 4.09. The van der Waals surface area contributed by atoms with Gasteiger partial charge in [-0.05, 0) is 57.8 Å². The number of ether oxygens (including phenoxy) is 1. The number of hydrogen-bond donors (Lipinski definition) is 1. The van der Waals surface area contributed by atoms with E-state index in [9.17, 15) is 14.3 Å². The topological polar surface area (TPSA) is 58.9 Å². The Balaban J connectivity index is 2.27. The zero-order valence-electron chi connectivity index (χ0n) is 15.6. The summed E-state index contributed by atoms with van der Waals surface area (Å²) in [6.45, 7) is 14.6. The molecule has 3 saturated carbocycles.